The summed E-state index contributed by atoms with van der Waals surface area (Å²) in [6.07, 6.45) is 23.0. The number of hydrogen-bond donors (Lipinski definition) is 1. The number of nitrogens with two attached hydrogens (primary N) is 1. The van der Waals surface area contributed by atoms with Gasteiger partial charge in [0.2, 0.25) is 11.8 Å². The summed E-state index contributed by atoms with van der Waals surface area (Å²) in [5.41, 5.74) is 5.61. The maximum Gasteiger partial charge on any atom is 0.312 e. The van der Waals surface area contributed by atoms with E-state index in [1.807, 2.05) is 0 Å². The van der Waals surface area contributed by atoms with Crippen LogP contribution in [-0.4, -0.2) is 15.5 Å². The molecule has 0 fully saturated rings. The van der Waals surface area contributed by atoms with Crippen molar-refractivity contribution in [3.8, 4) is 5.88 Å². The van der Waals surface area contributed by atoms with E-state index in [4.69, 9.17) is 10.5 Å². The van der Waals surface area contributed by atoms with Crippen LogP contribution in [0.3, 0.4) is 0 Å². The Hall–Kier alpha value is -1.78. The van der Waals surface area contributed by atoms with Crippen molar-refractivity contribution in [1.29, 1.82) is 0 Å². The standard InChI is InChI=1S/C22H39N3O2/c1-3-4-5-6-7-8-9-10-11-12-13-14-15-16-17-18-21(26)27-20-19-25(2)22(23)24-20/h10-11,19H,3-9,12-18H2,1-2H3,(H2,23,24)/b11-10-. The maximum atomic E-state index is 11.7. The Morgan fingerprint density at radius 2 is 1.56 bits per heavy atom. The van der Waals surface area contributed by atoms with Crippen molar-refractivity contribution < 1.29 is 9.53 Å². The average molecular weight is 378 g/mol. The molecule has 27 heavy (non-hydrogen) atoms. The predicted octanol–water partition coefficient (Wildman–Crippen LogP) is 5.95. The zero-order chi connectivity index (χ0) is 19.7. The van der Waals surface area contributed by atoms with E-state index in [1.54, 1.807) is 17.8 Å². The highest BCUT2D eigenvalue weighted by atomic mass is 16.5. The van der Waals surface area contributed by atoms with Crippen LogP contribution in [0.1, 0.15) is 96.8 Å². The molecular formula is C22H39N3O2. The van der Waals surface area contributed by atoms with Crippen LogP contribution in [0.2, 0.25) is 0 Å². The minimum Gasteiger partial charge on any atom is -0.406 e. The van der Waals surface area contributed by atoms with Gasteiger partial charge in [-0.1, -0.05) is 70.4 Å². The first-order valence-electron chi connectivity index (χ1n) is 10.8. The van der Waals surface area contributed by atoms with Crippen LogP contribution < -0.4 is 10.5 Å². The fraction of sp³-hybridized carbons (Fsp3) is 0.727. The molecule has 1 aromatic heterocycles. The number of hydrogen-bond acceptors (Lipinski definition) is 4. The van der Waals surface area contributed by atoms with Crippen molar-refractivity contribution in [3.05, 3.63) is 18.3 Å². The highest BCUT2D eigenvalue weighted by Gasteiger charge is 2.08. The van der Waals surface area contributed by atoms with Gasteiger partial charge in [0.15, 0.2) is 0 Å². The summed E-state index contributed by atoms with van der Waals surface area (Å²) in [5.74, 6) is 0.400. The second-order valence-electron chi connectivity index (χ2n) is 7.36. The quantitative estimate of drug-likeness (QED) is 0.220. The fourth-order valence-electron chi connectivity index (χ4n) is 3.01. The SMILES string of the molecule is CCCCCCCC/C=C\CCCCCCCC(=O)Oc1cn(C)c(N)n1. The number of anilines is 1. The smallest absolute Gasteiger partial charge is 0.312 e. The lowest BCUT2D eigenvalue weighted by Crippen LogP contribution is -2.07. The van der Waals surface area contributed by atoms with Crippen LogP contribution in [-0.2, 0) is 11.8 Å². The van der Waals surface area contributed by atoms with E-state index in [0.29, 0.717) is 12.4 Å². The molecule has 0 saturated heterocycles. The largest absolute Gasteiger partial charge is 0.406 e. The zero-order valence-corrected chi connectivity index (χ0v) is 17.4. The van der Waals surface area contributed by atoms with Crippen molar-refractivity contribution >= 4 is 11.9 Å². The Morgan fingerprint density at radius 3 is 2.11 bits per heavy atom. The molecule has 0 atom stereocenters. The molecule has 0 aliphatic carbocycles. The Kier molecular flexibility index (Phi) is 13.2. The molecule has 1 heterocycles. The molecule has 0 unspecified atom stereocenters. The molecule has 0 aliphatic rings. The summed E-state index contributed by atoms with van der Waals surface area (Å²) >= 11 is 0. The minimum absolute atomic E-state index is 0.231. The van der Waals surface area contributed by atoms with Crippen molar-refractivity contribution in [3.63, 3.8) is 0 Å². The van der Waals surface area contributed by atoms with Crippen LogP contribution in [0.15, 0.2) is 18.3 Å². The van der Waals surface area contributed by atoms with Gasteiger partial charge in [0.1, 0.15) is 0 Å². The first kappa shape index (κ1) is 23.3. The minimum atomic E-state index is -0.231. The topological polar surface area (TPSA) is 70.1 Å². The molecule has 0 spiro atoms. The summed E-state index contributed by atoms with van der Waals surface area (Å²) in [7, 11) is 1.77. The zero-order valence-electron chi connectivity index (χ0n) is 17.4. The molecule has 0 bridgehead atoms. The number of aromatic nitrogens is 2. The second-order valence-corrected chi connectivity index (χ2v) is 7.36. The van der Waals surface area contributed by atoms with Crippen molar-refractivity contribution in [1.82, 2.24) is 9.55 Å². The summed E-state index contributed by atoms with van der Waals surface area (Å²) in [4.78, 5) is 15.7. The van der Waals surface area contributed by atoms with Gasteiger partial charge >= 0.3 is 5.97 Å². The van der Waals surface area contributed by atoms with Gasteiger partial charge in [-0.25, -0.2) is 0 Å². The van der Waals surface area contributed by atoms with E-state index in [1.165, 1.54) is 70.6 Å². The van der Waals surface area contributed by atoms with E-state index in [-0.39, 0.29) is 11.8 Å². The summed E-state index contributed by atoms with van der Waals surface area (Å²) in [6, 6.07) is 0. The Morgan fingerprint density at radius 1 is 1.00 bits per heavy atom. The molecule has 0 saturated carbocycles. The highest BCUT2D eigenvalue weighted by molar-refractivity contribution is 5.71. The molecular weight excluding hydrogens is 338 g/mol. The third-order valence-electron chi connectivity index (χ3n) is 4.75. The summed E-state index contributed by atoms with van der Waals surface area (Å²) < 4.78 is 6.80. The average Bonchev–Trinajstić information content (AvgIpc) is 2.95. The molecule has 0 aromatic carbocycles. The van der Waals surface area contributed by atoms with E-state index in [9.17, 15) is 4.79 Å². The number of imidazole rings is 1. The van der Waals surface area contributed by atoms with Gasteiger partial charge in [-0.15, -0.1) is 0 Å². The van der Waals surface area contributed by atoms with Gasteiger partial charge in [-0.3, -0.25) is 4.79 Å². The number of nitrogens with zero attached hydrogens (tertiary/aromatic N) is 2. The molecule has 0 aliphatic heterocycles. The van der Waals surface area contributed by atoms with Gasteiger partial charge in [-0.05, 0) is 32.1 Å². The monoisotopic (exact) mass is 377 g/mol. The van der Waals surface area contributed by atoms with Crippen LogP contribution in [0.4, 0.5) is 5.95 Å². The van der Waals surface area contributed by atoms with E-state index >= 15 is 0 Å². The molecule has 2 N–H and O–H groups in total. The molecule has 1 rings (SSSR count). The molecule has 5 nitrogen and oxygen atoms in total. The van der Waals surface area contributed by atoms with Gasteiger partial charge in [-0.2, -0.15) is 4.98 Å². The Labute approximate surface area is 165 Å². The van der Waals surface area contributed by atoms with Crippen molar-refractivity contribution in [2.24, 2.45) is 7.05 Å². The normalized spacial score (nSPS) is 11.3. The maximum absolute atomic E-state index is 11.7. The van der Waals surface area contributed by atoms with Crippen LogP contribution in [0, 0.1) is 0 Å². The lowest BCUT2D eigenvalue weighted by atomic mass is 10.1. The lowest BCUT2D eigenvalue weighted by Gasteiger charge is -2.01. The van der Waals surface area contributed by atoms with E-state index in [0.717, 1.165) is 12.8 Å². The fourth-order valence-corrected chi connectivity index (χ4v) is 3.01. The molecule has 0 amide bonds. The second kappa shape index (κ2) is 15.3. The van der Waals surface area contributed by atoms with Crippen LogP contribution >= 0.6 is 0 Å². The van der Waals surface area contributed by atoms with Crippen LogP contribution in [0.5, 0.6) is 5.88 Å². The van der Waals surface area contributed by atoms with Gasteiger partial charge in [0, 0.05) is 13.5 Å². The Balaban J connectivity index is 1.87. The first-order chi connectivity index (χ1) is 13.1. The molecule has 5 heteroatoms. The van der Waals surface area contributed by atoms with Crippen molar-refractivity contribution in [2.75, 3.05) is 5.73 Å². The molecule has 0 radical (unpaired) electrons. The number of carbonyl (C=O) groups is 1. The number of rotatable bonds is 16. The summed E-state index contributed by atoms with van der Waals surface area (Å²) in [5, 5.41) is 0. The van der Waals surface area contributed by atoms with E-state index < -0.39 is 0 Å². The number of nitrogen functional groups attached to an aromatic ring is 1. The van der Waals surface area contributed by atoms with Gasteiger partial charge in [0.25, 0.3) is 0 Å². The van der Waals surface area contributed by atoms with Gasteiger partial charge < -0.3 is 15.0 Å². The first-order valence-corrected chi connectivity index (χ1v) is 10.8. The predicted molar refractivity (Wildman–Crippen MR) is 113 cm³/mol. The Bertz CT molecular complexity index is 518. The van der Waals surface area contributed by atoms with E-state index in [2.05, 4.69) is 24.1 Å². The van der Waals surface area contributed by atoms with Crippen molar-refractivity contribution in [2.45, 2.75) is 96.8 Å². The highest BCUT2D eigenvalue weighted by Crippen LogP contribution is 2.13. The van der Waals surface area contributed by atoms with Crippen LogP contribution in [0.25, 0.3) is 0 Å². The molecule has 154 valence electrons. The number of esters is 1. The number of aryl methyl sites for hydroxylation is 1. The van der Waals surface area contributed by atoms with Gasteiger partial charge in [0.05, 0.1) is 6.20 Å². The number of carbonyl (C=O) groups excluding carboxylic acids is 1. The summed E-state index contributed by atoms with van der Waals surface area (Å²) in [6.45, 7) is 2.26. The number of ether oxygens (including phenoxy) is 1. The number of unbranched alkanes of at least 4 members (excludes halogenated alkanes) is 11. The third kappa shape index (κ3) is 12.3. The molecule has 1 aromatic rings. The third-order valence-corrected chi connectivity index (χ3v) is 4.75. The lowest BCUT2D eigenvalue weighted by molar-refractivity contribution is -0.134. The number of allylic oxidation sites excluding steroid dienone is 2.